The van der Waals surface area contributed by atoms with Crippen LogP contribution in [0, 0.1) is 0 Å². The first-order valence-corrected chi connectivity index (χ1v) is 14.2. The molecule has 222 valence electrons. The molecule has 0 aliphatic heterocycles. The fourth-order valence-electron chi connectivity index (χ4n) is 4.80. The predicted octanol–water partition coefficient (Wildman–Crippen LogP) is 2.53. The molecule has 0 bridgehead atoms. The molecule has 3 aliphatic carbocycles. The molecule has 0 fully saturated rings. The minimum absolute atomic E-state index is 0. The average Bonchev–Trinajstić information content (AvgIpc) is 3.54. The maximum atomic E-state index is 2.40. The monoisotopic (exact) mass is 825 g/mol. The zero-order valence-electron chi connectivity index (χ0n) is 25.7. The van der Waals surface area contributed by atoms with Crippen molar-refractivity contribution >= 4 is 0 Å². The van der Waals surface area contributed by atoms with Crippen molar-refractivity contribution in [3.8, 4) is 0 Å². The van der Waals surface area contributed by atoms with Crippen LogP contribution < -0.4 is 37.2 Å². The first-order chi connectivity index (χ1) is 16.1. The molecule has 0 unspecified atom stereocenters. The van der Waals surface area contributed by atoms with Gasteiger partial charge in [-0.1, -0.05) is 150 Å². The molecule has 0 atom stereocenters. The molecule has 0 spiro atoms. The summed E-state index contributed by atoms with van der Waals surface area (Å²) in [5.74, 6) is 0. The summed E-state index contributed by atoms with van der Waals surface area (Å²) in [4.78, 5) is 0. The predicted molar refractivity (Wildman–Crippen MR) is 152 cm³/mol. The van der Waals surface area contributed by atoms with Gasteiger partial charge in [0.1, 0.15) is 0 Å². The second kappa shape index (κ2) is 36.2. The van der Waals surface area contributed by atoms with E-state index in [1.807, 2.05) is 0 Å². The quantitative estimate of drug-likeness (QED) is 0.284. The summed E-state index contributed by atoms with van der Waals surface area (Å²) in [6, 6.07) is 0. The minimum atomic E-state index is 0. The summed E-state index contributed by atoms with van der Waals surface area (Å²) in [6.45, 7) is 13.5. The Kier molecular flexibility index (Phi) is 49.6. The number of hydrogen-bond donors (Lipinski definition) is 0. The molecule has 0 aromatic carbocycles. The second-order valence-electron chi connectivity index (χ2n) is 9.86. The molecule has 0 aromatic heterocycles. The van der Waals surface area contributed by atoms with Gasteiger partial charge >= 0.3 is 0 Å². The van der Waals surface area contributed by atoms with E-state index < -0.39 is 0 Å². The third-order valence-electron chi connectivity index (χ3n) is 6.38. The molecule has 0 aromatic rings. The molecular formula is C33H54Cl3Zr3-3. The molecule has 0 amide bonds. The van der Waals surface area contributed by atoms with E-state index in [9.17, 15) is 0 Å². The molecule has 0 saturated carbocycles. The molecule has 3 aliphatic rings. The van der Waals surface area contributed by atoms with Crippen LogP contribution >= 0.6 is 0 Å². The number of halogens is 3. The fraction of sp³-hybridized carbons (Fsp3) is 0.636. The average molecular weight is 831 g/mol. The van der Waals surface area contributed by atoms with Crippen LogP contribution in [0.25, 0.3) is 0 Å². The Hall–Kier alpha value is 1.96. The van der Waals surface area contributed by atoms with Crippen LogP contribution in [0.15, 0.2) is 69.9 Å². The summed E-state index contributed by atoms with van der Waals surface area (Å²) < 4.78 is 0. The smallest absolute Gasteiger partial charge is 0 e. The molecule has 6 heteroatoms. The zero-order chi connectivity index (χ0) is 24.3. The maximum Gasteiger partial charge on any atom is 0 e. The van der Waals surface area contributed by atoms with Crippen molar-refractivity contribution in [1.82, 2.24) is 0 Å². The van der Waals surface area contributed by atoms with Crippen molar-refractivity contribution < 1.29 is 116 Å². The van der Waals surface area contributed by atoms with E-state index in [0.29, 0.717) is 0 Å². The van der Waals surface area contributed by atoms with Gasteiger partial charge in [-0.15, -0.1) is 0 Å². The normalized spacial score (nSPS) is 14.0. The molecular weight excluding hydrogens is 776 g/mol. The van der Waals surface area contributed by atoms with Crippen LogP contribution in [0.5, 0.6) is 0 Å². The van der Waals surface area contributed by atoms with Crippen molar-refractivity contribution in [3.63, 3.8) is 0 Å². The molecule has 0 saturated heterocycles. The van der Waals surface area contributed by atoms with Gasteiger partial charge in [-0.05, 0) is 57.8 Å². The first kappa shape index (κ1) is 53.5. The Balaban J connectivity index is -0.0000000972. The van der Waals surface area contributed by atoms with Gasteiger partial charge in [0.25, 0.3) is 0 Å². The van der Waals surface area contributed by atoms with Crippen molar-refractivity contribution in [2.45, 2.75) is 138 Å². The zero-order valence-corrected chi connectivity index (χ0v) is 35.3. The van der Waals surface area contributed by atoms with Crippen molar-refractivity contribution in [2.75, 3.05) is 0 Å². The van der Waals surface area contributed by atoms with E-state index in [2.05, 4.69) is 78.0 Å². The van der Waals surface area contributed by atoms with Crippen LogP contribution in [0.2, 0.25) is 0 Å². The summed E-state index contributed by atoms with van der Waals surface area (Å²) in [6.07, 6.45) is 33.4. The molecule has 39 heavy (non-hydrogen) atoms. The summed E-state index contributed by atoms with van der Waals surface area (Å²) in [5.41, 5.74) is 9.60. The van der Waals surface area contributed by atoms with E-state index >= 15 is 0 Å². The van der Waals surface area contributed by atoms with Gasteiger partial charge in [0.15, 0.2) is 0 Å². The number of hydrogen-bond acceptors (Lipinski definition) is 0. The van der Waals surface area contributed by atoms with Gasteiger partial charge in [0, 0.05) is 78.6 Å². The molecule has 0 heterocycles. The Labute approximate surface area is 319 Å². The summed E-state index contributed by atoms with van der Waals surface area (Å²) in [5, 5.41) is 0. The first-order valence-electron chi connectivity index (χ1n) is 14.2. The van der Waals surface area contributed by atoms with E-state index in [-0.39, 0.29) is 116 Å². The summed E-state index contributed by atoms with van der Waals surface area (Å²) >= 11 is 0. The topological polar surface area (TPSA) is 0 Å². The third kappa shape index (κ3) is 26.1. The number of allylic oxidation sites excluding steroid dienone is 12. The SMILES string of the molecule is CCCC1=CCC(CCC)=C1.CCCC1=CCC(CCC)=C1.CCCC1=CCC(CCC)=C1.[Cl-].[Cl-].[Cl-].[Zr].[Zr].[Zr]. The Morgan fingerprint density at radius 1 is 0.385 bits per heavy atom. The van der Waals surface area contributed by atoms with E-state index in [0.717, 1.165) is 0 Å². The summed E-state index contributed by atoms with van der Waals surface area (Å²) in [7, 11) is 0. The van der Waals surface area contributed by atoms with Gasteiger partial charge < -0.3 is 37.2 Å². The van der Waals surface area contributed by atoms with E-state index in [1.165, 1.54) is 96.3 Å². The minimum Gasteiger partial charge on any atom is -1.00 e. The van der Waals surface area contributed by atoms with Gasteiger partial charge in [-0.2, -0.15) is 0 Å². The third-order valence-corrected chi connectivity index (χ3v) is 6.38. The van der Waals surface area contributed by atoms with Crippen molar-refractivity contribution in [3.05, 3.63) is 69.9 Å². The van der Waals surface area contributed by atoms with Crippen LogP contribution in [-0.4, -0.2) is 0 Å². The van der Waals surface area contributed by atoms with Gasteiger partial charge in [-0.3, -0.25) is 0 Å². The standard InChI is InChI=1S/3C11H18.3ClH.3Zr/c3*1-3-5-10-7-8-11(9-10)6-4-2;;;;;;/h3*7,9H,3-6,8H2,1-2H3;3*1H;;;/p-3. The van der Waals surface area contributed by atoms with E-state index in [4.69, 9.17) is 0 Å². The second-order valence-corrected chi connectivity index (χ2v) is 9.86. The van der Waals surface area contributed by atoms with Gasteiger partial charge in [-0.25, -0.2) is 0 Å². The van der Waals surface area contributed by atoms with Gasteiger partial charge in [0.2, 0.25) is 0 Å². The Morgan fingerprint density at radius 2 is 0.590 bits per heavy atom. The van der Waals surface area contributed by atoms with Gasteiger partial charge in [0.05, 0.1) is 0 Å². The van der Waals surface area contributed by atoms with Crippen LogP contribution in [0.1, 0.15) is 138 Å². The largest absolute Gasteiger partial charge is 1.00 e. The van der Waals surface area contributed by atoms with Crippen molar-refractivity contribution in [2.24, 2.45) is 0 Å². The fourth-order valence-corrected chi connectivity index (χ4v) is 4.80. The van der Waals surface area contributed by atoms with Crippen LogP contribution in [-0.2, 0) is 78.6 Å². The molecule has 0 radical (unpaired) electrons. The molecule has 3 rings (SSSR count). The Morgan fingerprint density at radius 3 is 0.769 bits per heavy atom. The molecule has 0 nitrogen and oxygen atoms in total. The Bertz CT molecular complexity index is 647. The van der Waals surface area contributed by atoms with Crippen LogP contribution in [0.3, 0.4) is 0 Å². The number of rotatable bonds is 12. The molecule has 0 N–H and O–H groups in total. The van der Waals surface area contributed by atoms with Crippen molar-refractivity contribution in [1.29, 1.82) is 0 Å². The maximum absolute atomic E-state index is 2.40. The van der Waals surface area contributed by atoms with Crippen LogP contribution in [0.4, 0.5) is 0 Å². The van der Waals surface area contributed by atoms with E-state index in [1.54, 1.807) is 33.4 Å².